The minimum absolute atomic E-state index is 0.200. The fourth-order valence-corrected chi connectivity index (χ4v) is 2.61. The third kappa shape index (κ3) is 5.05. The van der Waals surface area contributed by atoms with Crippen LogP contribution in [0.25, 0.3) is 0 Å². The van der Waals surface area contributed by atoms with E-state index in [2.05, 4.69) is 5.32 Å². The molecule has 3 rings (SSSR count). The van der Waals surface area contributed by atoms with Crippen LogP contribution in [0.3, 0.4) is 0 Å². The zero-order chi connectivity index (χ0) is 19.8. The number of carbonyl (C=O) groups is 2. The molecule has 0 fully saturated rings. The molecule has 0 bridgehead atoms. The lowest BCUT2D eigenvalue weighted by Gasteiger charge is -2.12. The quantitative estimate of drug-likeness (QED) is 0.501. The van der Waals surface area contributed by atoms with Crippen LogP contribution < -0.4 is 14.8 Å². The van der Waals surface area contributed by atoms with Crippen molar-refractivity contribution in [1.29, 1.82) is 0 Å². The van der Waals surface area contributed by atoms with Gasteiger partial charge in [0.1, 0.15) is 0 Å². The van der Waals surface area contributed by atoms with E-state index in [1.807, 2.05) is 25.2 Å². The summed E-state index contributed by atoms with van der Waals surface area (Å²) in [6.07, 6.45) is 0.749. The number of hydrogen-bond donors (Lipinski definition) is 1. The summed E-state index contributed by atoms with van der Waals surface area (Å²) in [6.45, 7) is 0.773. The fraction of sp³-hybridized carbons (Fsp3) is 0.130. The highest BCUT2D eigenvalue weighted by Crippen LogP contribution is 2.30. The summed E-state index contributed by atoms with van der Waals surface area (Å²) in [4.78, 5) is 24.9. The van der Waals surface area contributed by atoms with Gasteiger partial charge in [0.05, 0.1) is 11.1 Å². The SMILES string of the molecule is CNCCc1ccc(OC(=O)c2ccccc2)c(OC(=O)c2ccccc2)c1. The van der Waals surface area contributed by atoms with E-state index >= 15 is 0 Å². The third-order valence-corrected chi connectivity index (χ3v) is 4.10. The van der Waals surface area contributed by atoms with Gasteiger partial charge in [0, 0.05) is 0 Å². The van der Waals surface area contributed by atoms with Gasteiger partial charge in [-0.05, 0) is 62.0 Å². The molecule has 0 atom stereocenters. The number of carbonyl (C=O) groups excluding carboxylic acids is 2. The van der Waals surface area contributed by atoms with E-state index in [-0.39, 0.29) is 11.5 Å². The minimum Gasteiger partial charge on any atom is -0.419 e. The summed E-state index contributed by atoms with van der Waals surface area (Å²) in [7, 11) is 1.87. The standard InChI is InChI=1S/C23H21NO4/c1-24-15-14-17-12-13-20(27-22(25)18-8-4-2-5-9-18)21(16-17)28-23(26)19-10-6-3-7-11-19/h2-13,16,24H,14-15H2,1H3. The normalized spacial score (nSPS) is 10.3. The molecule has 0 aliphatic rings. The van der Waals surface area contributed by atoms with Gasteiger partial charge in [0.2, 0.25) is 0 Å². The van der Waals surface area contributed by atoms with Gasteiger partial charge in [-0.15, -0.1) is 0 Å². The van der Waals surface area contributed by atoms with E-state index in [1.165, 1.54) is 0 Å². The van der Waals surface area contributed by atoms with Crippen molar-refractivity contribution in [3.63, 3.8) is 0 Å². The largest absolute Gasteiger partial charge is 0.419 e. The Bertz CT molecular complexity index is 939. The van der Waals surface area contributed by atoms with E-state index in [4.69, 9.17) is 9.47 Å². The molecular weight excluding hydrogens is 354 g/mol. The van der Waals surface area contributed by atoms with Gasteiger partial charge in [-0.3, -0.25) is 0 Å². The molecule has 0 aliphatic carbocycles. The number of benzene rings is 3. The third-order valence-electron chi connectivity index (χ3n) is 4.10. The van der Waals surface area contributed by atoms with Gasteiger partial charge < -0.3 is 14.8 Å². The molecule has 3 aromatic rings. The Kier molecular flexibility index (Phi) is 6.54. The number of ether oxygens (including phenoxy) is 2. The van der Waals surface area contributed by atoms with E-state index in [9.17, 15) is 9.59 Å². The molecule has 28 heavy (non-hydrogen) atoms. The zero-order valence-corrected chi connectivity index (χ0v) is 15.6. The van der Waals surface area contributed by atoms with Crippen LogP contribution in [0, 0.1) is 0 Å². The lowest BCUT2D eigenvalue weighted by atomic mass is 10.1. The molecule has 0 saturated carbocycles. The van der Waals surface area contributed by atoms with Crippen LogP contribution in [0.4, 0.5) is 0 Å². The van der Waals surface area contributed by atoms with E-state index < -0.39 is 11.9 Å². The molecule has 0 unspecified atom stereocenters. The van der Waals surface area contributed by atoms with Gasteiger partial charge in [0.15, 0.2) is 11.5 Å². The second kappa shape index (κ2) is 9.48. The molecule has 5 heteroatoms. The monoisotopic (exact) mass is 375 g/mol. The fourth-order valence-electron chi connectivity index (χ4n) is 2.61. The van der Waals surface area contributed by atoms with Crippen LogP contribution >= 0.6 is 0 Å². The Morgan fingerprint density at radius 3 is 1.82 bits per heavy atom. The molecule has 0 spiro atoms. The summed E-state index contributed by atoms with van der Waals surface area (Å²) in [5.74, 6) is -0.609. The minimum atomic E-state index is -0.513. The van der Waals surface area contributed by atoms with Crippen molar-refractivity contribution in [1.82, 2.24) is 5.32 Å². The second-order valence-corrected chi connectivity index (χ2v) is 6.15. The first-order chi connectivity index (χ1) is 13.7. The molecule has 0 heterocycles. The van der Waals surface area contributed by atoms with E-state index in [0.717, 1.165) is 18.5 Å². The van der Waals surface area contributed by atoms with Crippen molar-refractivity contribution in [3.8, 4) is 11.5 Å². The highest BCUT2D eigenvalue weighted by atomic mass is 16.6. The molecular formula is C23H21NO4. The van der Waals surface area contributed by atoms with Crippen molar-refractivity contribution in [2.24, 2.45) is 0 Å². The van der Waals surface area contributed by atoms with Gasteiger partial charge in [-0.25, -0.2) is 9.59 Å². The number of nitrogens with one attached hydrogen (secondary N) is 1. The van der Waals surface area contributed by atoms with Gasteiger partial charge in [0.25, 0.3) is 0 Å². The molecule has 0 aliphatic heterocycles. The van der Waals surface area contributed by atoms with E-state index in [1.54, 1.807) is 60.7 Å². The maximum atomic E-state index is 12.5. The van der Waals surface area contributed by atoms with Gasteiger partial charge in [-0.2, -0.15) is 0 Å². The van der Waals surface area contributed by atoms with Crippen LogP contribution in [0.15, 0.2) is 78.9 Å². The summed E-state index contributed by atoms with van der Waals surface area (Å²) < 4.78 is 11.0. The van der Waals surface area contributed by atoms with Crippen molar-refractivity contribution < 1.29 is 19.1 Å². The molecule has 1 N–H and O–H groups in total. The lowest BCUT2D eigenvalue weighted by Crippen LogP contribution is -2.14. The zero-order valence-electron chi connectivity index (χ0n) is 15.6. The maximum absolute atomic E-state index is 12.5. The molecule has 142 valence electrons. The van der Waals surface area contributed by atoms with Crippen molar-refractivity contribution in [3.05, 3.63) is 95.6 Å². The van der Waals surface area contributed by atoms with Crippen molar-refractivity contribution in [2.45, 2.75) is 6.42 Å². The average Bonchev–Trinajstić information content (AvgIpc) is 2.75. The Balaban J connectivity index is 1.85. The van der Waals surface area contributed by atoms with Crippen LogP contribution in [0.5, 0.6) is 11.5 Å². The summed E-state index contributed by atoms with van der Waals surface area (Å²) in [5, 5.41) is 3.08. The topological polar surface area (TPSA) is 64.6 Å². The molecule has 0 amide bonds. The van der Waals surface area contributed by atoms with E-state index in [0.29, 0.717) is 11.1 Å². The lowest BCUT2D eigenvalue weighted by molar-refractivity contribution is 0.0682. The van der Waals surface area contributed by atoms with Crippen molar-refractivity contribution >= 4 is 11.9 Å². The highest BCUT2D eigenvalue weighted by molar-refractivity contribution is 5.93. The summed E-state index contributed by atoms with van der Waals surface area (Å²) >= 11 is 0. The van der Waals surface area contributed by atoms with Crippen LogP contribution in [-0.4, -0.2) is 25.5 Å². The molecule has 3 aromatic carbocycles. The Hall–Kier alpha value is -3.44. The van der Waals surface area contributed by atoms with Gasteiger partial charge in [-0.1, -0.05) is 42.5 Å². The number of rotatable bonds is 7. The smallest absolute Gasteiger partial charge is 0.343 e. The predicted molar refractivity (Wildman–Crippen MR) is 107 cm³/mol. The summed E-state index contributed by atoms with van der Waals surface area (Å²) in [5.41, 5.74) is 1.80. The highest BCUT2D eigenvalue weighted by Gasteiger charge is 2.17. The first-order valence-corrected chi connectivity index (χ1v) is 8.99. The number of esters is 2. The molecule has 5 nitrogen and oxygen atoms in total. The van der Waals surface area contributed by atoms with Gasteiger partial charge >= 0.3 is 11.9 Å². The first kappa shape index (κ1) is 19.3. The second-order valence-electron chi connectivity index (χ2n) is 6.15. The molecule has 0 radical (unpaired) electrons. The average molecular weight is 375 g/mol. The Morgan fingerprint density at radius 2 is 1.29 bits per heavy atom. The Morgan fingerprint density at radius 1 is 0.750 bits per heavy atom. The molecule has 0 saturated heterocycles. The number of hydrogen-bond acceptors (Lipinski definition) is 5. The predicted octanol–water partition coefficient (Wildman–Crippen LogP) is 3.89. The number of likely N-dealkylation sites (N-methyl/N-ethyl adjacent to an activating group) is 1. The van der Waals surface area contributed by atoms with Crippen molar-refractivity contribution in [2.75, 3.05) is 13.6 Å². The van der Waals surface area contributed by atoms with Crippen LogP contribution in [0.2, 0.25) is 0 Å². The first-order valence-electron chi connectivity index (χ1n) is 8.99. The Labute approximate surface area is 163 Å². The van der Waals surface area contributed by atoms with Crippen LogP contribution in [0.1, 0.15) is 26.3 Å². The van der Waals surface area contributed by atoms with Crippen LogP contribution in [-0.2, 0) is 6.42 Å². The molecule has 0 aromatic heterocycles. The summed E-state index contributed by atoms with van der Waals surface area (Å²) in [6, 6.07) is 22.6. The maximum Gasteiger partial charge on any atom is 0.343 e.